The summed E-state index contributed by atoms with van der Waals surface area (Å²) in [5.74, 6) is -10.3. The average molecular weight is 1090 g/mol. The number of fused-ring (bicyclic) bond motifs is 7. The molecule has 4 aromatic rings. The third kappa shape index (κ3) is 13.5. The lowest BCUT2D eigenvalue weighted by Gasteiger charge is -2.37. The molecule has 2 saturated heterocycles. The van der Waals surface area contributed by atoms with Crippen molar-refractivity contribution in [2.24, 2.45) is 11.8 Å². The van der Waals surface area contributed by atoms with Crippen LogP contribution in [0.2, 0.25) is 0 Å². The molecule has 0 aliphatic carbocycles. The fraction of sp³-hybridized carbons (Fsp3) is 0.480. The van der Waals surface area contributed by atoms with Crippen LogP contribution in [0.1, 0.15) is 62.5 Å². The summed E-state index contributed by atoms with van der Waals surface area (Å²) in [7, 11) is 7.48. The van der Waals surface area contributed by atoms with Gasteiger partial charge in [0.25, 0.3) is 11.8 Å². The Morgan fingerprint density at radius 2 is 0.895 bits per heavy atom. The molecule has 0 saturated carbocycles. The molecule has 26 heteroatoms. The molecular weight excluding hydrogens is 1020 g/mol. The molecule has 2 aromatic carbocycles. The van der Waals surface area contributed by atoms with Crippen molar-refractivity contribution in [3.05, 3.63) is 72.3 Å². The van der Waals surface area contributed by atoms with Crippen LogP contribution in [-0.2, 0) is 47.8 Å². The van der Waals surface area contributed by atoms with Crippen LogP contribution < -0.4 is 21.3 Å². The summed E-state index contributed by atoms with van der Waals surface area (Å²) in [6, 6.07) is 2.10. The maximum absolute atomic E-state index is 14.8. The Labute approximate surface area is 446 Å². The van der Waals surface area contributed by atoms with Gasteiger partial charge in [0.2, 0.25) is 35.4 Å². The smallest absolute Gasteiger partial charge is 0.329 e. The molecule has 0 radical (unpaired) electrons. The summed E-state index contributed by atoms with van der Waals surface area (Å²) in [5.41, 5.74) is 1.39. The number of nitrogens with zero attached hydrogens (tertiary/aromatic N) is 8. The molecule has 8 amide bonds. The van der Waals surface area contributed by atoms with Crippen molar-refractivity contribution < 1.29 is 57.4 Å². The predicted molar refractivity (Wildman–Crippen MR) is 280 cm³/mol. The van der Waals surface area contributed by atoms with E-state index < -0.39 is 133 Å². The molecule has 406 valence electrons. The second-order valence-electron chi connectivity index (χ2n) is 19.0. The third-order valence-electron chi connectivity index (χ3n) is 12.9. The number of amides is 8. The van der Waals surface area contributed by atoms with E-state index in [2.05, 4.69) is 41.2 Å². The summed E-state index contributed by atoms with van der Waals surface area (Å²) in [6.07, 6.45) is 2.40. The minimum absolute atomic E-state index is 0.157. The summed E-state index contributed by atoms with van der Waals surface area (Å²) in [4.78, 5) is 164. The zero-order chi connectivity index (χ0) is 55.7. The van der Waals surface area contributed by atoms with Gasteiger partial charge in [0, 0.05) is 39.7 Å². The standard InChI is InChI=1S/C50H62N12O12S2/c1-25(2)39-49(71)73-21-35(57-41(63)33-19-51-29-15-11-13-17-31(29)55-33)43(65)53-28(6)46(68)60(8)38-24-76-75-23-37(47(69)61(39)9)59(7)45(67)27(5)54-44(66)36(22-74-50(72)40(26(3)4)62(10)48(38)70)58-42(64)34-20-52-30-16-12-14-18-32(30)56-34/h11-20,25-28,35-40H,21-24H2,1-10H3,(H,53,65)(H,54,66)(H,57,63)(H,58,64)/t27-,28-,35+,36+,37-,38-,39-,40-/m0/s1. The highest BCUT2D eigenvalue weighted by Crippen LogP contribution is 2.29. The number of carbonyl (C=O) groups excluding carboxylic acids is 10. The largest absolute Gasteiger partial charge is 0.461 e. The lowest BCUT2D eigenvalue weighted by molar-refractivity contribution is -0.160. The normalized spacial score (nSPS) is 24.7. The maximum atomic E-state index is 14.8. The molecule has 4 N–H and O–H groups in total. The number of hydrogen-bond acceptors (Lipinski definition) is 18. The first-order chi connectivity index (χ1) is 36.0. The van der Waals surface area contributed by atoms with Gasteiger partial charge in [-0.15, -0.1) is 0 Å². The van der Waals surface area contributed by atoms with Crippen molar-refractivity contribution >= 4 is 103 Å². The van der Waals surface area contributed by atoms with Crippen LogP contribution >= 0.6 is 21.6 Å². The van der Waals surface area contributed by atoms with Gasteiger partial charge in [-0.2, -0.15) is 0 Å². The van der Waals surface area contributed by atoms with Crippen molar-refractivity contribution in [3.8, 4) is 0 Å². The second-order valence-corrected chi connectivity index (χ2v) is 21.6. The van der Waals surface area contributed by atoms with Gasteiger partial charge >= 0.3 is 11.9 Å². The molecule has 2 fully saturated rings. The highest BCUT2D eigenvalue weighted by Gasteiger charge is 2.42. The van der Waals surface area contributed by atoms with Gasteiger partial charge in [0.05, 0.1) is 34.5 Å². The van der Waals surface area contributed by atoms with E-state index in [1.807, 2.05) is 0 Å². The monoisotopic (exact) mass is 1090 g/mol. The number of cyclic esters (lactones) is 2. The number of para-hydroxylation sites is 4. The molecule has 6 rings (SSSR count). The Morgan fingerprint density at radius 1 is 0.553 bits per heavy atom. The summed E-state index contributed by atoms with van der Waals surface area (Å²) >= 11 is 0. The van der Waals surface area contributed by atoms with E-state index in [4.69, 9.17) is 9.47 Å². The molecule has 0 unspecified atom stereocenters. The van der Waals surface area contributed by atoms with Crippen molar-refractivity contribution in [2.45, 2.75) is 89.9 Å². The van der Waals surface area contributed by atoms with E-state index in [9.17, 15) is 47.9 Å². The minimum Gasteiger partial charge on any atom is -0.461 e. The Balaban J connectivity index is 1.39. The zero-order valence-corrected chi connectivity index (χ0v) is 45.3. The number of ether oxygens (including phenoxy) is 2. The topological polar surface area (TPSA) is 302 Å². The van der Waals surface area contributed by atoms with Crippen molar-refractivity contribution in [1.29, 1.82) is 0 Å². The Hall–Kier alpha value is -7.48. The van der Waals surface area contributed by atoms with E-state index in [0.29, 0.717) is 22.1 Å². The van der Waals surface area contributed by atoms with E-state index >= 15 is 0 Å². The van der Waals surface area contributed by atoms with E-state index in [1.165, 1.54) is 54.4 Å². The molecule has 0 spiro atoms. The van der Waals surface area contributed by atoms with Crippen LogP contribution in [0.4, 0.5) is 0 Å². The summed E-state index contributed by atoms with van der Waals surface area (Å²) in [6.45, 7) is 7.71. The van der Waals surface area contributed by atoms with Gasteiger partial charge in [-0.05, 0) is 49.9 Å². The predicted octanol–water partition coefficient (Wildman–Crippen LogP) is 0.594. The van der Waals surface area contributed by atoms with Gasteiger partial charge in [-0.25, -0.2) is 19.6 Å². The third-order valence-corrected chi connectivity index (χ3v) is 15.2. The fourth-order valence-electron chi connectivity index (χ4n) is 8.56. The number of aromatic nitrogens is 4. The molecule has 8 atom stereocenters. The minimum atomic E-state index is -1.65. The number of benzene rings is 2. The SMILES string of the molecule is CC(C)[C@H]1C(=O)OC[C@@H](NC(=O)c2cnc3ccccc3n2)C(=O)N[C@@H](C)C(=O)N(C)[C@H]2CSSC[C@@H](C(=O)N1C)N(C)C(=O)[C@H](C)NC(=O)[C@H](NC(=O)c1cnc3ccccc3n1)COC(=O)[C@H](C(C)C)N(C)C2=O. The van der Waals surface area contributed by atoms with Crippen LogP contribution in [0, 0.1) is 11.8 Å². The van der Waals surface area contributed by atoms with Crippen LogP contribution in [0.3, 0.4) is 0 Å². The summed E-state index contributed by atoms with van der Waals surface area (Å²) in [5, 5.41) is 10.2. The molecule has 4 heterocycles. The van der Waals surface area contributed by atoms with Gasteiger partial charge in [-0.1, -0.05) is 73.5 Å². The van der Waals surface area contributed by atoms with Gasteiger partial charge in [-0.3, -0.25) is 48.3 Å². The van der Waals surface area contributed by atoms with Crippen LogP contribution in [-0.4, -0.2) is 200 Å². The number of rotatable bonds is 6. The first kappa shape index (κ1) is 57.8. The van der Waals surface area contributed by atoms with Crippen molar-refractivity contribution in [3.63, 3.8) is 0 Å². The van der Waals surface area contributed by atoms with Crippen LogP contribution in [0.15, 0.2) is 60.9 Å². The lowest BCUT2D eigenvalue weighted by atomic mass is 10.0. The molecule has 2 bridgehead atoms. The van der Waals surface area contributed by atoms with Crippen LogP contribution in [0.25, 0.3) is 22.1 Å². The quantitative estimate of drug-likeness (QED) is 0.152. The Morgan fingerprint density at radius 3 is 1.24 bits per heavy atom. The fourth-order valence-corrected chi connectivity index (χ4v) is 11.1. The first-order valence-corrected chi connectivity index (χ1v) is 26.8. The molecule has 2 aliphatic heterocycles. The van der Waals surface area contributed by atoms with Gasteiger partial charge in [0.15, 0.2) is 0 Å². The van der Waals surface area contributed by atoms with E-state index in [1.54, 1.807) is 76.2 Å². The molecule has 2 aromatic heterocycles. The zero-order valence-electron chi connectivity index (χ0n) is 43.7. The van der Waals surface area contributed by atoms with E-state index in [0.717, 1.165) is 41.2 Å². The van der Waals surface area contributed by atoms with Gasteiger partial charge in [0.1, 0.15) is 72.9 Å². The number of likely N-dealkylation sites (N-methyl/N-ethyl adjacent to an activating group) is 4. The van der Waals surface area contributed by atoms with E-state index in [-0.39, 0.29) is 22.9 Å². The molecule has 76 heavy (non-hydrogen) atoms. The molecule has 24 nitrogen and oxygen atoms in total. The Bertz CT molecular complexity index is 2700. The van der Waals surface area contributed by atoms with Gasteiger partial charge < -0.3 is 50.3 Å². The van der Waals surface area contributed by atoms with Crippen LogP contribution in [0.5, 0.6) is 0 Å². The summed E-state index contributed by atoms with van der Waals surface area (Å²) < 4.78 is 11.4. The second kappa shape index (κ2) is 25.4. The first-order valence-electron chi connectivity index (χ1n) is 24.3. The number of nitrogens with one attached hydrogen (secondary N) is 4. The molecular formula is C50H62N12O12S2. The lowest BCUT2D eigenvalue weighted by Crippen LogP contribution is -2.60. The number of carbonyl (C=O) groups is 10. The highest BCUT2D eigenvalue weighted by atomic mass is 33.1. The average Bonchev–Trinajstić information content (AvgIpc) is 3.39. The van der Waals surface area contributed by atoms with Crippen molar-refractivity contribution in [1.82, 2.24) is 60.8 Å². The maximum Gasteiger partial charge on any atom is 0.329 e. The van der Waals surface area contributed by atoms with Crippen molar-refractivity contribution in [2.75, 3.05) is 52.9 Å². The number of esters is 2. The highest BCUT2D eigenvalue weighted by molar-refractivity contribution is 8.76. The molecule has 2 aliphatic rings. The Kier molecular flexibility index (Phi) is 19.3. The number of hydrogen-bond donors (Lipinski definition) is 4.